The zero-order valence-corrected chi connectivity index (χ0v) is 16.6. The normalized spacial score (nSPS) is 15.3. The fourth-order valence-electron chi connectivity index (χ4n) is 2.52. The average molecular weight is 485 g/mol. The van der Waals surface area contributed by atoms with Crippen molar-refractivity contribution in [2.24, 2.45) is 0 Å². The molecule has 0 spiro atoms. The second kappa shape index (κ2) is 7.72. The summed E-state index contributed by atoms with van der Waals surface area (Å²) < 4.78 is 27.3. The van der Waals surface area contributed by atoms with E-state index in [-0.39, 0.29) is 36.3 Å². The summed E-state index contributed by atoms with van der Waals surface area (Å²) in [4.78, 5) is 23.8. The van der Waals surface area contributed by atoms with E-state index < -0.39 is 10.0 Å². The standard InChI is InChI=1S/C17H16IN3O4S/c18-13-2-1-3-14(10-13)20-17(23)12-4-6-15(7-5-12)26(24,25)21-9-8-19-16(22)11-21/h1-7,10H,8-9,11H2,(H,19,22)(H,20,23). The average Bonchev–Trinajstić information content (AvgIpc) is 2.62. The number of hydrogen-bond acceptors (Lipinski definition) is 4. The van der Waals surface area contributed by atoms with Gasteiger partial charge < -0.3 is 10.6 Å². The highest BCUT2D eigenvalue weighted by Crippen LogP contribution is 2.18. The van der Waals surface area contributed by atoms with Crippen LogP contribution in [0.1, 0.15) is 10.4 Å². The third kappa shape index (κ3) is 4.22. The van der Waals surface area contributed by atoms with Crippen LogP contribution in [0.5, 0.6) is 0 Å². The summed E-state index contributed by atoms with van der Waals surface area (Å²) >= 11 is 2.15. The molecule has 0 saturated carbocycles. The van der Waals surface area contributed by atoms with Crippen LogP contribution in [-0.2, 0) is 14.8 Å². The Hall–Kier alpha value is -1.98. The first-order valence-corrected chi connectivity index (χ1v) is 10.3. The molecule has 1 heterocycles. The molecule has 1 aliphatic heterocycles. The van der Waals surface area contributed by atoms with Crippen molar-refractivity contribution in [2.45, 2.75) is 4.90 Å². The molecular formula is C17H16IN3O4S. The van der Waals surface area contributed by atoms with Gasteiger partial charge in [0, 0.05) is 27.9 Å². The van der Waals surface area contributed by atoms with Gasteiger partial charge in [-0.1, -0.05) is 6.07 Å². The van der Waals surface area contributed by atoms with E-state index >= 15 is 0 Å². The Morgan fingerprint density at radius 3 is 2.54 bits per heavy atom. The highest BCUT2D eigenvalue weighted by atomic mass is 127. The number of carbonyl (C=O) groups excluding carboxylic acids is 2. The number of piperazine rings is 1. The van der Waals surface area contributed by atoms with Gasteiger partial charge in [0.05, 0.1) is 11.4 Å². The molecule has 2 aromatic carbocycles. The van der Waals surface area contributed by atoms with Crippen LogP contribution in [0.25, 0.3) is 0 Å². The molecule has 0 bridgehead atoms. The maximum Gasteiger partial charge on any atom is 0.255 e. The van der Waals surface area contributed by atoms with Crippen LogP contribution < -0.4 is 10.6 Å². The van der Waals surface area contributed by atoms with Gasteiger partial charge in [0.15, 0.2) is 0 Å². The molecule has 0 aromatic heterocycles. The van der Waals surface area contributed by atoms with Crippen molar-refractivity contribution in [1.29, 1.82) is 0 Å². The predicted molar refractivity (Wildman–Crippen MR) is 105 cm³/mol. The lowest BCUT2D eigenvalue weighted by Crippen LogP contribution is -2.49. The number of benzene rings is 2. The molecule has 3 rings (SSSR count). The van der Waals surface area contributed by atoms with Gasteiger partial charge in [-0.3, -0.25) is 9.59 Å². The molecular weight excluding hydrogens is 469 g/mol. The zero-order chi connectivity index (χ0) is 18.7. The molecule has 7 nitrogen and oxygen atoms in total. The second-order valence-electron chi connectivity index (χ2n) is 5.68. The van der Waals surface area contributed by atoms with Crippen LogP contribution in [0.4, 0.5) is 5.69 Å². The molecule has 1 saturated heterocycles. The fourth-order valence-corrected chi connectivity index (χ4v) is 4.46. The largest absolute Gasteiger partial charge is 0.354 e. The van der Waals surface area contributed by atoms with E-state index in [4.69, 9.17) is 0 Å². The second-order valence-corrected chi connectivity index (χ2v) is 8.86. The quantitative estimate of drug-likeness (QED) is 0.645. The van der Waals surface area contributed by atoms with E-state index in [2.05, 4.69) is 33.2 Å². The highest BCUT2D eigenvalue weighted by molar-refractivity contribution is 14.1. The summed E-state index contributed by atoms with van der Waals surface area (Å²) in [6.07, 6.45) is 0. The van der Waals surface area contributed by atoms with Crippen molar-refractivity contribution in [3.8, 4) is 0 Å². The minimum atomic E-state index is -3.76. The molecule has 1 aliphatic rings. The van der Waals surface area contributed by atoms with Crippen molar-refractivity contribution in [3.05, 3.63) is 57.7 Å². The van der Waals surface area contributed by atoms with Crippen molar-refractivity contribution < 1.29 is 18.0 Å². The third-order valence-corrected chi connectivity index (χ3v) is 6.37. The van der Waals surface area contributed by atoms with Crippen LogP contribution in [0, 0.1) is 3.57 Å². The first-order valence-electron chi connectivity index (χ1n) is 7.80. The molecule has 2 aromatic rings. The number of anilines is 1. The summed E-state index contributed by atoms with van der Waals surface area (Å²) in [5.41, 5.74) is 1.01. The molecule has 1 fully saturated rings. The molecule has 2 N–H and O–H groups in total. The van der Waals surface area contributed by atoms with Crippen LogP contribution in [0.15, 0.2) is 53.4 Å². The van der Waals surface area contributed by atoms with Gasteiger partial charge in [-0.05, 0) is 65.1 Å². The van der Waals surface area contributed by atoms with Crippen LogP contribution in [0.2, 0.25) is 0 Å². The van der Waals surface area contributed by atoms with Gasteiger partial charge in [-0.15, -0.1) is 0 Å². The summed E-state index contributed by atoms with van der Waals surface area (Å²) in [5, 5.41) is 5.36. The fraction of sp³-hybridized carbons (Fsp3) is 0.176. The number of hydrogen-bond donors (Lipinski definition) is 2. The number of halogens is 1. The van der Waals surface area contributed by atoms with Crippen molar-refractivity contribution in [3.63, 3.8) is 0 Å². The van der Waals surface area contributed by atoms with E-state index in [0.29, 0.717) is 11.3 Å². The first kappa shape index (κ1) is 18.8. The van der Waals surface area contributed by atoms with E-state index in [1.807, 2.05) is 18.2 Å². The lowest BCUT2D eigenvalue weighted by atomic mass is 10.2. The van der Waals surface area contributed by atoms with Gasteiger partial charge in [-0.25, -0.2) is 8.42 Å². The number of nitrogens with zero attached hydrogens (tertiary/aromatic N) is 1. The Morgan fingerprint density at radius 1 is 1.15 bits per heavy atom. The Kier molecular flexibility index (Phi) is 5.58. The van der Waals surface area contributed by atoms with Gasteiger partial charge >= 0.3 is 0 Å². The van der Waals surface area contributed by atoms with E-state index in [1.165, 1.54) is 24.3 Å². The minimum Gasteiger partial charge on any atom is -0.354 e. The lowest BCUT2D eigenvalue weighted by Gasteiger charge is -2.25. The summed E-state index contributed by atoms with van der Waals surface area (Å²) in [5.74, 6) is -0.651. The molecule has 2 amide bonds. The van der Waals surface area contributed by atoms with E-state index in [0.717, 1.165) is 7.88 Å². The monoisotopic (exact) mass is 485 g/mol. The summed E-state index contributed by atoms with van der Waals surface area (Å²) in [7, 11) is -3.76. The number of rotatable bonds is 4. The smallest absolute Gasteiger partial charge is 0.255 e. The molecule has 0 aliphatic carbocycles. The van der Waals surface area contributed by atoms with Gasteiger partial charge in [-0.2, -0.15) is 4.31 Å². The zero-order valence-electron chi connectivity index (χ0n) is 13.6. The molecule has 26 heavy (non-hydrogen) atoms. The molecule has 9 heteroatoms. The van der Waals surface area contributed by atoms with E-state index in [9.17, 15) is 18.0 Å². The SMILES string of the molecule is O=C1CN(S(=O)(=O)c2ccc(C(=O)Nc3cccc(I)c3)cc2)CCN1. The minimum absolute atomic E-state index is 0.0537. The van der Waals surface area contributed by atoms with Crippen molar-refractivity contribution in [1.82, 2.24) is 9.62 Å². The third-order valence-electron chi connectivity index (χ3n) is 3.84. The number of carbonyl (C=O) groups is 2. The molecule has 0 radical (unpaired) electrons. The first-order chi connectivity index (χ1) is 12.4. The van der Waals surface area contributed by atoms with Gasteiger partial charge in [0.25, 0.3) is 5.91 Å². The lowest BCUT2D eigenvalue weighted by molar-refractivity contribution is -0.122. The number of amides is 2. The van der Waals surface area contributed by atoms with Crippen LogP contribution >= 0.6 is 22.6 Å². The maximum atomic E-state index is 12.6. The topological polar surface area (TPSA) is 95.6 Å². The molecule has 0 unspecified atom stereocenters. The predicted octanol–water partition coefficient (Wildman–Crippen LogP) is 1.66. The Balaban J connectivity index is 1.75. The maximum absolute atomic E-state index is 12.6. The molecule has 136 valence electrons. The Morgan fingerprint density at radius 2 is 1.88 bits per heavy atom. The summed E-state index contributed by atoms with van der Waals surface area (Å²) in [6, 6.07) is 13.0. The van der Waals surface area contributed by atoms with Crippen molar-refractivity contribution in [2.75, 3.05) is 25.0 Å². The van der Waals surface area contributed by atoms with Crippen LogP contribution in [-0.4, -0.2) is 44.2 Å². The van der Waals surface area contributed by atoms with Crippen molar-refractivity contribution >= 4 is 50.1 Å². The summed E-state index contributed by atoms with van der Waals surface area (Å²) in [6.45, 7) is 0.314. The van der Waals surface area contributed by atoms with Gasteiger partial charge in [0.1, 0.15) is 0 Å². The highest BCUT2D eigenvalue weighted by Gasteiger charge is 2.29. The van der Waals surface area contributed by atoms with Crippen LogP contribution in [0.3, 0.4) is 0 Å². The Bertz CT molecular complexity index is 945. The molecule has 0 atom stereocenters. The van der Waals surface area contributed by atoms with Gasteiger partial charge in [0.2, 0.25) is 15.9 Å². The number of nitrogens with one attached hydrogen (secondary N) is 2. The number of sulfonamides is 1. The van der Waals surface area contributed by atoms with E-state index in [1.54, 1.807) is 6.07 Å². The Labute approximate surface area is 165 Å².